The zero-order chi connectivity index (χ0) is 21.5. The number of rotatable bonds is 9. The molecule has 0 radical (unpaired) electrons. The Morgan fingerprint density at radius 1 is 1.03 bits per heavy atom. The molecular weight excluding hydrogens is 400 g/mol. The normalized spacial score (nSPS) is 14.7. The van der Waals surface area contributed by atoms with Gasteiger partial charge >= 0.3 is 0 Å². The fourth-order valence-electron chi connectivity index (χ4n) is 3.00. The second kappa shape index (κ2) is 10.2. The number of thioether (sulfide) groups is 1. The Balaban J connectivity index is 1.62. The van der Waals surface area contributed by atoms with Gasteiger partial charge in [0, 0.05) is 0 Å². The molecule has 0 spiro atoms. The Bertz CT molecular complexity index is 985. The number of amidine groups is 1. The minimum atomic E-state index is -0.324. The van der Waals surface area contributed by atoms with Gasteiger partial charge in [-0.3, -0.25) is 4.79 Å². The first-order valence-electron chi connectivity index (χ1n) is 9.89. The number of carbonyl (C=O) groups excluding carboxylic acids is 1. The molecule has 7 heteroatoms. The summed E-state index contributed by atoms with van der Waals surface area (Å²) in [6.07, 6.45) is 2.71. The van der Waals surface area contributed by atoms with Crippen molar-refractivity contribution in [3.05, 3.63) is 58.0 Å². The molecule has 1 aliphatic rings. The first-order chi connectivity index (χ1) is 14.5. The molecule has 2 N–H and O–H groups in total. The van der Waals surface area contributed by atoms with Gasteiger partial charge in [0.15, 0.2) is 16.7 Å². The molecule has 0 saturated heterocycles. The molecule has 0 unspecified atom stereocenters. The highest BCUT2D eigenvalue weighted by Gasteiger charge is 2.19. The van der Waals surface area contributed by atoms with Crippen LogP contribution in [0.1, 0.15) is 30.5 Å². The van der Waals surface area contributed by atoms with Gasteiger partial charge in [-0.05, 0) is 79.1 Å². The lowest BCUT2D eigenvalue weighted by atomic mass is 10.1. The van der Waals surface area contributed by atoms with Gasteiger partial charge in [0.25, 0.3) is 5.91 Å². The van der Waals surface area contributed by atoms with Crippen LogP contribution in [0.2, 0.25) is 0 Å². The second-order valence-corrected chi connectivity index (χ2v) is 7.77. The molecular formula is C23H26N2O4S. The number of aliphatic imine (C=N–C) groups is 1. The van der Waals surface area contributed by atoms with Gasteiger partial charge in [0.05, 0.1) is 11.5 Å². The number of nitrogens with zero attached hydrogens (tertiary/aromatic N) is 1. The predicted octanol–water partition coefficient (Wildman–Crippen LogP) is 4.34. The standard InChI is InChI=1S/C23H26N2O4S/c1-4-16-10-15(3)11-18(12-16)28-8-9-29-19-7-6-17(13-20(19)27-5-2)14-21-22(26)25-23(24)30-21/h6-7,10-14H,4-5,8-9H2,1-3H3,(H2,24,25,26)/b21-14-. The quantitative estimate of drug-likeness (QED) is 0.474. The molecule has 2 aromatic carbocycles. The van der Waals surface area contributed by atoms with Crippen molar-refractivity contribution in [2.75, 3.05) is 19.8 Å². The van der Waals surface area contributed by atoms with Gasteiger partial charge in [-0.2, -0.15) is 4.99 Å². The van der Waals surface area contributed by atoms with E-state index >= 15 is 0 Å². The predicted molar refractivity (Wildman–Crippen MR) is 121 cm³/mol. The molecule has 0 aliphatic carbocycles. The number of nitrogens with two attached hydrogens (primary N) is 1. The van der Waals surface area contributed by atoms with E-state index in [1.165, 1.54) is 11.1 Å². The van der Waals surface area contributed by atoms with Crippen LogP contribution in [0, 0.1) is 6.92 Å². The summed E-state index contributed by atoms with van der Waals surface area (Å²) in [5.74, 6) is 1.76. The Labute approximate surface area is 181 Å². The minimum absolute atomic E-state index is 0.260. The summed E-state index contributed by atoms with van der Waals surface area (Å²) in [6, 6.07) is 11.8. The van der Waals surface area contributed by atoms with Crippen molar-refractivity contribution in [1.29, 1.82) is 0 Å². The molecule has 0 fully saturated rings. The second-order valence-electron chi connectivity index (χ2n) is 6.71. The van der Waals surface area contributed by atoms with Crippen molar-refractivity contribution in [1.82, 2.24) is 0 Å². The van der Waals surface area contributed by atoms with E-state index in [9.17, 15) is 4.79 Å². The molecule has 158 valence electrons. The molecule has 1 aliphatic heterocycles. The van der Waals surface area contributed by atoms with Crippen molar-refractivity contribution >= 4 is 28.9 Å². The number of hydrogen-bond donors (Lipinski definition) is 1. The van der Waals surface area contributed by atoms with Crippen molar-refractivity contribution in [2.45, 2.75) is 27.2 Å². The third kappa shape index (κ3) is 5.79. The summed E-state index contributed by atoms with van der Waals surface area (Å²) in [7, 11) is 0. The molecule has 1 amide bonds. The van der Waals surface area contributed by atoms with Crippen LogP contribution in [0.5, 0.6) is 17.2 Å². The number of aryl methyl sites for hydroxylation is 2. The van der Waals surface area contributed by atoms with Crippen LogP contribution >= 0.6 is 11.8 Å². The Morgan fingerprint density at radius 2 is 1.83 bits per heavy atom. The molecule has 2 aromatic rings. The molecule has 6 nitrogen and oxygen atoms in total. The van der Waals surface area contributed by atoms with Crippen molar-refractivity contribution in [3.63, 3.8) is 0 Å². The monoisotopic (exact) mass is 426 g/mol. The number of amides is 1. The van der Waals surface area contributed by atoms with Crippen LogP contribution in [-0.2, 0) is 11.2 Å². The summed E-state index contributed by atoms with van der Waals surface area (Å²) in [5.41, 5.74) is 8.85. The lowest BCUT2D eigenvalue weighted by Crippen LogP contribution is -2.10. The van der Waals surface area contributed by atoms with Gasteiger partial charge in [-0.1, -0.05) is 19.1 Å². The smallest absolute Gasteiger partial charge is 0.286 e. The van der Waals surface area contributed by atoms with E-state index in [0.717, 1.165) is 29.5 Å². The average Bonchev–Trinajstić information content (AvgIpc) is 3.03. The van der Waals surface area contributed by atoms with Crippen LogP contribution in [-0.4, -0.2) is 30.9 Å². The van der Waals surface area contributed by atoms with Crippen molar-refractivity contribution < 1.29 is 19.0 Å². The summed E-state index contributed by atoms with van der Waals surface area (Å²) in [4.78, 5) is 16.0. The van der Waals surface area contributed by atoms with E-state index in [1.54, 1.807) is 6.08 Å². The minimum Gasteiger partial charge on any atom is -0.490 e. The van der Waals surface area contributed by atoms with Crippen LogP contribution < -0.4 is 19.9 Å². The van der Waals surface area contributed by atoms with Gasteiger partial charge in [-0.25, -0.2) is 0 Å². The lowest BCUT2D eigenvalue weighted by Gasteiger charge is -2.14. The van der Waals surface area contributed by atoms with E-state index in [1.807, 2.05) is 31.2 Å². The van der Waals surface area contributed by atoms with Gasteiger partial charge in [0.1, 0.15) is 19.0 Å². The SMILES string of the molecule is CCOc1cc(/C=C2\SC(N)=NC2=O)ccc1OCCOc1cc(C)cc(CC)c1. The molecule has 0 saturated carbocycles. The zero-order valence-electron chi connectivity index (χ0n) is 17.4. The largest absolute Gasteiger partial charge is 0.490 e. The number of hydrogen-bond acceptors (Lipinski definition) is 6. The van der Waals surface area contributed by atoms with E-state index < -0.39 is 0 Å². The Morgan fingerprint density at radius 3 is 2.53 bits per heavy atom. The van der Waals surface area contributed by atoms with E-state index in [0.29, 0.717) is 36.2 Å². The number of benzene rings is 2. The van der Waals surface area contributed by atoms with Crippen molar-refractivity contribution in [3.8, 4) is 17.2 Å². The van der Waals surface area contributed by atoms with Gasteiger partial charge in [0.2, 0.25) is 0 Å². The molecule has 1 heterocycles. The van der Waals surface area contributed by atoms with Crippen LogP contribution in [0.4, 0.5) is 0 Å². The first kappa shape index (κ1) is 21.8. The van der Waals surface area contributed by atoms with Crippen LogP contribution in [0.25, 0.3) is 6.08 Å². The highest BCUT2D eigenvalue weighted by Crippen LogP contribution is 2.32. The molecule has 0 aromatic heterocycles. The molecule has 0 atom stereocenters. The maximum absolute atomic E-state index is 11.8. The van der Waals surface area contributed by atoms with Gasteiger partial charge < -0.3 is 19.9 Å². The third-order valence-corrected chi connectivity index (χ3v) is 5.14. The Kier molecular flexibility index (Phi) is 7.41. The van der Waals surface area contributed by atoms with E-state index in [2.05, 4.69) is 31.0 Å². The topological polar surface area (TPSA) is 83.1 Å². The molecule has 3 rings (SSSR count). The summed E-state index contributed by atoms with van der Waals surface area (Å²) < 4.78 is 17.4. The highest BCUT2D eigenvalue weighted by molar-refractivity contribution is 8.18. The van der Waals surface area contributed by atoms with Gasteiger partial charge in [-0.15, -0.1) is 0 Å². The maximum Gasteiger partial charge on any atom is 0.286 e. The molecule has 30 heavy (non-hydrogen) atoms. The summed E-state index contributed by atoms with van der Waals surface area (Å²) in [6.45, 7) is 7.40. The van der Waals surface area contributed by atoms with Crippen LogP contribution in [0.3, 0.4) is 0 Å². The van der Waals surface area contributed by atoms with Crippen LogP contribution in [0.15, 0.2) is 46.3 Å². The first-order valence-corrected chi connectivity index (χ1v) is 10.7. The van der Waals surface area contributed by atoms with E-state index in [-0.39, 0.29) is 11.1 Å². The van der Waals surface area contributed by atoms with E-state index in [4.69, 9.17) is 19.9 Å². The fraction of sp³-hybridized carbons (Fsp3) is 0.304. The number of ether oxygens (including phenoxy) is 3. The zero-order valence-corrected chi connectivity index (χ0v) is 18.3. The van der Waals surface area contributed by atoms with Crippen molar-refractivity contribution in [2.24, 2.45) is 10.7 Å². The fourth-order valence-corrected chi connectivity index (χ4v) is 3.68. The lowest BCUT2D eigenvalue weighted by molar-refractivity contribution is -0.113. The average molecular weight is 427 g/mol. The Hall–Kier alpha value is -2.93. The maximum atomic E-state index is 11.8. The summed E-state index contributed by atoms with van der Waals surface area (Å²) in [5, 5.41) is 0.260. The molecule has 0 bridgehead atoms. The number of carbonyl (C=O) groups is 1. The third-order valence-electron chi connectivity index (χ3n) is 4.33. The summed E-state index contributed by atoms with van der Waals surface area (Å²) >= 11 is 1.16. The highest BCUT2D eigenvalue weighted by atomic mass is 32.2.